The minimum absolute atomic E-state index is 0.198. The number of carboxylic acid groups (broad SMARTS) is 1. The van der Waals surface area contributed by atoms with E-state index in [0.717, 1.165) is 0 Å². The second-order valence-electron chi connectivity index (χ2n) is 3.72. The Labute approximate surface area is 103 Å². The van der Waals surface area contributed by atoms with Crippen LogP contribution in [0.25, 0.3) is 0 Å². The van der Waals surface area contributed by atoms with Crippen molar-refractivity contribution in [3.63, 3.8) is 0 Å². The van der Waals surface area contributed by atoms with Gasteiger partial charge in [0, 0.05) is 6.54 Å². The number of aliphatic carboxylic acids is 1. The van der Waals surface area contributed by atoms with E-state index >= 15 is 0 Å². The Hall–Kier alpha value is -0.625. The van der Waals surface area contributed by atoms with Gasteiger partial charge in [-0.15, -0.1) is 0 Å². The topological polar surface area (TPSA) is 116 Å². The van der Waals surface area contributed by atoms with E-state index in [0.29, 0.717) is 19.3 Å². The minimum atomic E-state index is -1.33. The van der Waals surface area contributed by atoms with Crippen molar-refractivity contribution in [2.75, 3.05) is 13.6 Å². The molecule has 0 aromatic heterocycles. The molecule has 102 valence electrons. The molecule has 0 saturated carbocycles. The van der Waals surface area contributed by atoms with Gasteiger partial charge in [-0.3, -0.25) is 4.79 Å². The summed E-state index contributed by atoms with van der Waals surface area (Å²) in [4.78, 5) is 10.9. The molecule has 0 fully saturated rings. The third-order valence-electron chi connectivity index (χ3n) is 2.25. The van der Waals surface area contributed by atoms with Crippen LogP contribution in [0.1, 0.15) is 33.1 Å². The van der Waals surface area contributed by atoms with Crippen LogP contribution in [0.3, 0.4) is 0 Å². The summed E-state index contributed by atoms with van der Waals surface area (Å²) in [5, 5.41) is 28.8. The summed E-state index contributed by atoms with van der Waals surface area (Å²) in [6.45, 7) is 4.20. The molecule has 1 unspecified atom stereocenters. The average Bonchev–Trinajstić information content (AvgIpc) is 2.27. The predicted molar refractivity (Wildman–Crippen MR) is 68.7 cm³/mol. The predicted octanol–water partition coefficient (Wildman–Crippen LogP) is -0.343. The van der Waals surface area contributed by atoms with Crippen molar-refractivity contribution in [3.8, 4) is 0 Å². The molecule has 0 spiro atoms. The number of nitrogens with two attached hydrogens (primary N) is 1. The molecule has 6 N–H and O–H groups in total. The second kappa shape index (κ2) is 10.5. The van der Waals surface area contributed by atoms with Crippen molar-refractivity contribution in [2.45, 2.75) is 45.0 Å². The van der Waals surface area contributed by atoms with E-state index in [9.17, 15) is 4.79 Å². The maximum absolute atomic E-state index is 10.9. The largest absolute Gasteiger partial charge is 0.480 e. The van der Waals surface area contributed by atoms with Crippen LogP contribution < -0.4 is 11.1 Å². The Morgan fingerprint density at radius 3 is 2.24 bits per heavy atom. The highest BCUT2D eigenvalue weighted by atomic mass is 16.4. The average molecular weight is 248 g/mol. The Kier molecular flexibility index (Phi) is 11.6. The van der Waals surface area contributed by atoms with E-state index in [4.69, 9.17) is 20.9 Å². The lowest BCUT2D eigenvalue weighted by molar-refractivity contribution is -0.143. The molecular formula is C10H25BN2O4. The van der Waals surface area contributed by atoms with Gasteiger partial charge in [-0.2, -0.15) is 0 Å². The van der Waals surface area contributed by atoms with Gasteiger partial charge < -0.3 is 26.2 Å². The first kappa shape index (κ1) is 18.7. The zero-order chi connectivity index (χ0) is 13.9. The summed E-state index contributed by atoms with van der Waals surface area (Å²) >= 11 is 0. The summed E-state index contributed by atoms with van der Waals surface area (Å²) in [6.07, 6.45) is 1.67. The number of carbonyl (C=O) groups is 1. The highest BCUT2D eigenvalue weighted by Crippen LogP contribution is 2.12. The summed E-state index contributed by atoms with van der Waals surface area (Å²) < 4.78 is 0. The summed E-state index contributed by atoms with van der Waals surface area (Å²) in [5.41, 5.74) is 4.41. The molecule has 0 aromatic rings. The first-order valence-electron chi connectivity index (χ1n) is 5.95. The quantitative estimate of drug-likeness (QED) is 0.296. The third-order valence-corrected chi connectivity index (χ3v) is 2.25. The van der Waals surface area contributed by atoms with Gasteiger partial charge in [0.05, 0.1) is 0 Å². The molecule has 1 atom stereocenters. The number of unbranched alkanes of at least 4 members (excludes halogenated alkanes) is 1. The molecule has 0 aliphatic heterocycles. The monoisotopic (exact) mass is 248 g/mol. The fourth-order valence-electron chi connectivity index (χ4n) is 1.35. The van der Waals surface area contributed by atoms with Crippen LogP contribution in [0.2, 0.25) is 6.32 Å². The molecule has 0 aromatic carbocycles. The number of rotatable bonds is 8. The van der Waals surface area contributed by atoms with Crippen molar-refractivity contribution in [3.05, 3.63) is 0 Å². The van der Waals surface area contributed by atoms with Gasteiger partial charge in [-0.05, 0) is 19.8 Å². The van der Waals surface area contributed by atoms with E-state index in [1.807, 2.05) is 13.8 Å². The molecule has 0 heterocycles. The first-order valence-corrected chi connectivity index (χ1v) is 5.95. The number of hydrogen-bond acceptors (Lipinski definition) is 5. The van der Waals surface area contributed by atoms with Crippen LogP contribution in [0.4, 0.5) is 0 Å². The summed E-state index contributed by atoms with van der Waals surface area (Å²) in [5.74, 6) is -1.04. The van der Waals surface area contributed by atoms with Gasteiger partial charge >= 0.3 is 13.1 Å². The van der Waals surface area contributed by atoms with Crippen LogP contribution in [0, 0.1) is 0 Å². The van der Waals surface area contributed by atoms with Crippen molar-refractivity contribution in [1.29, 1.82) is 0 Å². The van der Waals surface area contributed by atoms with Crippen LogP contribution >= 0.6 is 0 Å². The highest BCUT2D eigenvalue weighted by molar-refractivity contribution is 6.40. The molecule has 0 bridgehead atoms. The maximum atomic E-state index is 10.9. The Morgan fingerprint density at radius 1 is 1.35 bits per heavy atom. The van der Waals surface area contributed by atoms with Gasteiger partial charge in [0.2, 0.25) is 0 Å². The van der Waals surface area contributed by atoms with E-state index in [2.05, 4.69) is 5.32 Å². The van der Waals surface area contributed by atoms with Crippen LogP contribution in [0.5, 0.6) is 0 Å². The van der Waals surface area contributed by atoms with E-state index < -0.39 is 18.6 Å². The van der Waals surface area contributed by atoms with Gasteiger partial charge in [0.25, 0.3) is 0 Å². The summed E-state index contributed by atoms with van der Waals surface area (Å²) in [6, 6.07) is 0. The molecular weight excluding hydrogens is 223 g/mol. The van der Waals surface area contributed by atoms with Gasteiger partial charge in [0.15, 0.2) is 0 Å². The number of nitrogens with one attached hydrogen (secondary N) is 1. The third kappa shape index (κ3) is 9.11. The van der Waals surface area contributed by atoms with Crippen molar-refractivity contribution in [1.82, 2.24) is 5.32 Å². The first-order chi connectivity index (χ1) is 7.92. The number of likely N-dealkylation sites (N-methyl/N-ethyl adjacent to an activating group) is 1. The highest BCUT2D eigenvalue weighted by Gasteiger charge is 2.32. The van der Waals surface area contributed by atoms with Crippen molar-refractivity contribution >= 4 is 13.1 Å². The minimum Gasteiger partial charge on any atom is -0.480 e. The number of hydrogen-bond donors (Lipinski definition) is 5. The lowest BCUT2D eigenvalue weighted by Crippen LogP contribution is -2.54. The molecule has 0 aliphatic carbocycles. The Morgan fingerprint density at radius 2 is 1.88 bits per heavy atom. The second-order valence-corrected chi connectivity index (χ2v) is 3.72. The normalized spacial score (nSPS) is 13.3. The molecule has 0 amide bonds. The van der Waals surface area contributed by atoms with Crippen molar-refractivity contribution in [2.24, 2.45) is 5.73 Å². The van der Waals surface area contributed by atoms with E-state index in [-0.39, 0.29) is 12.9 Å². The Balaban J connectivity index is 0. The fraction of sp³-hybridized carbons (Fsp3) is 0.900. The van der Waals surface area contributed by atoms with E-state index in [1.54, 1.807) is 7.05 Å². The summed E-state index contributed by atoms with van der Waals surface area (Å²) in [7, 11) is 0.313. The molecule has 0 saturated heterocycles. The maximum Gasteiger partial charge on any atom is 0.451 e. The van der Waals surface area contributed by atoms with Crippen LogP contribution in [-0.2, 0) is 4.79 Å². The standard InChI is InChI=1S/C8H19BN2O4.C2H6/c1-11-6-8(10,7(12)13)4-2-3-5-9(14)15;1-2/h11,14-15H,2-6,10H2,1H3,(H,12,13);1-2H3. The zero-order valence-electron chi connectivity index (χ0n) is 10.9. The lowest BCUT2D eigenvalue weighted by atomic mass is 9.82. The van der Waals surface area contributed by atoms with E-state index in [1.165, 1.54) is 0 Å². The SMILES string of the molecule is CC.CNCC(N)(CCCCB(O)O)C(=O)O. The molecule has 7 heteroatoms. The Bertz CT molecular complexity index is 205. The number of carboxylic acids is 1. The fourth-order valence-corrected chi connectivity index (χ4v) is 1.35. The molecule has 6 nitrogen and oxygen atoms in total. The van der Waals surface area contributed by atoms with Crippen molar-refractivity contribution < 1.29 is 19.9 Å². The van der Waals surface area contributed by atoms with Gasteiger partial charge in [-0.25, -0.2) is 0 Å². The van der Waals surface area contributed by atoms with Gasteiger partial charge in [0.1, 0.15) is 5.54 Å². The molecule has 0 radical (unpaired) electrons. The zero-order valence-corrected chi connectivity index (χ0v) is 10.9. The van der Waals surface area contributed by atoms with Crippen LogP contribution in [-0.4, -0.2) is 47.4 Å². The molecule has 17 heavy (non-hydrogen) atoms. The van der Waals surface area contributed by atoms with Crippen LogP contribution in [0.15, 0.2) is 0 Å². The lowest BCUT2D eigenvalue weighted by Gasteiger charge is -2.24. The van der Waals surface area contributed by atoms with Gasteiger partial charge in [-0.1, -0.05) is 26.7 Å². The molecule has 0 rings (SSSR count). The molecule has 0 aliphatic rings. The smallest absolute Gasteiger partial charge is 0.451 e.